The fraction of sp³-hybridized carbons (Fsp3) is 0. The maximum atomic E-state index is 9.45. The first-order valence-electron chi connectivity index (χ1n) is 4.22. The summed E-state index contributed by atoms with van der Waals surface area (Å²) >= 11 is 1.57. The molecular weight excluding hydrogens is 194 g/mol. The van der Waals surface area contributed by atoms with Gasteiger partial charge < -0.3 is 5.11 Å². The number of benzene rings is 1. The van der Waals surface area contributed by atoms with E-state index < -0.39 is 0 Å². The van der Waals surface area contributed by atoms with Gasteiger partial charge in [-0.3, -0.25) is 0 Å². The van der Waals surface area contributed by atoms with E-state index in [1.54, 1.807) is 29.7 Å². The lowest BCUT2D eigenvalue weighted by atomic mass is 10.2. The second kappa shape index (κ2) is 4.07. The number of aliphatic imine (C=N–C) groups is 1. The van der Waals surface area contributed by atoms with Crippen LogP contribution in [0.4, 0.5) is 5.00 Å². The van der Waals surface area contributed by atoms with E-state index in [1.165, 1.54) is 0 Å². The van der Waals surface area contributed by atoms with E-state index in [0.717, 1.165) is 10.6 Å². The minimum Gasteiger partial charge on any atom is -0.507 e. The summed E-state index contributed by atoms with van der Waals surface area (Å²) in [5, 5.41) is 12.4. The van der Waals surface area contributed by atoms with E-state index in [-0.39, 0.29) is 5.75 Å². The quantitative estimate of drug-likeness (QED) is 0.747. The Morgan fingerprint density at radius 3 is 2.71 bits per heavy atom. The van der Waals surface area contributed by atoms with Crippen molar-refractivity contribution >= 4 is 22.6 Å². The molecule has 0 aliphatic rings. The fourth-order valence-corrected chi connectivity index (χ4v) is 1.64. The minimum absolute atomic E-state index is 0.257. The van der Waals surface area contributed by atoms with Gasteiger partial charge in [-0.25, -0.2) is 4.99 Å². The lowest BCUT2D eigenvalue weighted by Crippen LogP contribution is -1.79. The van der Waals surface area contributed by atoms with Gasteiger partial charge in [0.1, 0.15) is 10.8 Å². The third-order valence-corrected chi connectivity index (χ3v) is 2.55. The van der Waals surface area contributed by atoms with Crippen LogP contribution in [0.15, 0.2) is 46.8 Å². The van der Waals surface area contributed by atoms with E-state index in [1.807, 2.05) is 29.6 Å². The second-order valence-corrected chi connectivity index (χ2v) is 3.69. The molecule has 0 aliphatic carbocycles. The Balaban J connectivity index is 2.23. The van der Waals surface area contributed by atoms with Gasteiger partial charge >= 0.3 is 0 Å². The van der Waals surface area contributed by atoms with Crippen molar-refractivity contribution in [2.45, 2.75) is 0 Å². The molecule has 0 saturated heterocycles. The van der Waals surface area contributed by atoms with E-state index in [9.17, 15) is 5.11 Å². The standard InChI is InChI=1S/C11H9NOS/c13-10-5-2-1-4-9(10)8-12-11-6-3-7-14-11/h1-8,13H/b12-8+. The summed E-state index contributed by atoms with van der Waals surface area (Å²) in [4.78, 5) is 4.23. The average molecular weight is 203 g/mol. The third-order valence-electron chi connectivity index (χ3n) is 1.77. The summed E-state index contributed by atoms with van der Waals surface area (Å²) < 4.78 is 0. The van der Waals surface area contributed by atoms with Gasteiger partial charge in [0.05, 0.1) is 0 Å². The molecule has 70 valence electrons. The second-order valence-electron chi connectivity index (χ2n) is 2.77. The molecule has 2 aromatic rings. The van der Waals surface area contributed by atoms with Crippen LogP contribution in [0, 0.1) is 0 Å². The van der Waals surface area contributed by atoms with E-state index in [4.69, 9.17) is 0 Å². The maximum Gasteiger partial charge on any atom is 0.124 e. The van der Waals surface area contributed by atoms with Gasteiger partial charge in [0, 0.05) is 11.8 Å². The van der Waals surface area contributed by atoms with Crippen LogP contribution < -0.4 is 0 Å². The zero-order chi connectivity index (χ0) is 9.80. The molecule has 0 fully saturated rings. The highest BCUT2D eigenvalue weighted by Crippen LogP contribution is 2.20. The Morgan fingerprint density at radius 1 is 1.14 bits per heavy atom. The van der Waals surface area contributed by atoms with Crippen LogP contribution in [-0.4, -0.2) is 11.3 Å². The van der Waals surface area contributed by atoms with Crippen LogP contribution in [0.5, 0.6) is 5.75 Å². The SMILES string of the molecule is Oc1ccccc1/C=N/c1cccs1. The molecule has 0 bridgehead atoms. The summed E-state index contributed by atoms with van der Waals surface area (Å²) in [6.45, 7) is 0. The summed E-state index contributed by atoms with van der Waals surface area (Å²) in [6.07, 6.45) is 1.67. The van der Waals surface area contributed by atoms with Crippen molar-refractivity contribution in [1.82, 2.24) is 0 Å². The Hall–Kier alpha value is -1.61. The first-order chi connectivity index (χ1) is 6.86. The van der Waals surface area contributed by atoms with Gasteiger partial charge in [-0.1, -0.05) is 12.1 Å². The topological polar surface area (TPSA) is 32.6 Å². The van der Waals surface area contributed by atoms with Crippen LogP contribution in [0.2, 0.25) is 0 Å². The Kier molecular flexibility index (Phi) is 2.60. The van der Waals surface area contributed by atoms with Crippen molar-refractivity contribution in [2.24, 2.45) is 4.99 Å². The monoisotopic (exact) mass is 203 g/mol. The predicted octanol–water partition coefficient (Wildman–Crippen LogP) is 3.20. The number of thiophene rings is 1. The molecule has 0 amide bonds. The summed E-state index contributed by atoms with van der Waals surface area (Å²) in [7, 11) is 0. The van der Waals surface area contributed by atoms with Crippen LogP contribution in [0.3, 0.4) is 0 Å². The zero-order valence-electron chi connectivity index (χ0n) is 7.42. The number of hydrogen-bond acceptors (Lipinski definition) is 3. The number of hydrogen-bond donors (Lipinski definition) is 1. The van der Waals surface area contributed by atoms with Crippen molar-refractivity contribution < 1.29 is 5.11 Å². The van der Waals surface area contributed by atoms with Crippen LogP contribution in [-0.2, 0) is 0 Å². The largest absolute Gasteiger partial charge is 0.507 e. The summed E-state index contributed by atoms with van der Waals surface area (Å²) in [5.74, 6) is 0.257. The van der Waals surface area contributed by atoms with Crippen LogP contribution >= 0.6 is 11.3 Å². The molecule has 0 spiro atoms. The van der Waals surface area contributed by atoms with E-state index >= 15 is 0 Å². The molecule has 3 heteroatoms. The third kappa shape index (κ3) is 2.00. The zero-order valence-corrected chi connectivity index (χ0v) is 8.24. The van der Waals surface area contributed by atoms with Crippen molar-refractivity contribution in [1.29, 1.82) is 0 Å². The molecule has 0 radical (unpaired) electrons. The maximum absolute atomic E-state index is 9.45. The minimum atomic E-state index is 0.257. The molecule has 2 rings (SSSR count). The van der Waals surface area contributed by atoms with Crippen molar-refractivity contribution in [3.63, 3.8) is 0 Å². The number of aromatic hydroxyl groups is 1. The highest BCUT2D eigenvalue weighted by atomic mass is 32.1. The highest BCUT2D eigenvalue weighted by molar-refractivity contribution is 7.13. The van der Waals surface area contributed by atoms with Gasteiger partial charge in [0.25, 0.3) is 0 Å². The molecule has 0 saturated carbocycles. The van der Waals surface area contributed by atoms with Gasteiger partial charge in [-0.15, -0.1) is 11.3 Å². The molecule has 0 aliphatic heterocycles. The van der Waals surface area contributed by atoms with Gasteiger partial charge in [0.2, 0.25) is 0 Å². The summed E-state index contributed by atoms with van der Waals surface area (Å²) in [6, 6.07) is 11.0. The first-order valence-corrected chi connectivity index (χ1v) is 5.10. The average Bonchev–Trinajstić information content (AvgIpc) is 2.69. The van der Waals surface area contributed by atoms with Gasteiger partial charge in [-0.05, 0) is 29.6 Å². The molecule has 14 heavy (non-hydrogen) atoms. The highest BCUT2D eigenvalue weighted by Gasteiger charge is 1.94. The predicted molar refractivity (Wildman–Crippen MR) is 59.7 cm³/mol. The molecule has 0 atom stereocenters. The van der Waals surface area contributed by atoms with Crippen molar-refractivity contribution in [2.75, 3.05) is 0 Å². The number of nitrogens with zero attached hydrogens (tertiary/aromatic N) is 1. The molecule has 1 N–H and O–H groups in total. The molecule has 2 nitrogen and oxygen atoms in total. The van der Waals surface area contributed by atoms with E-state index in [0.29, 0.717) is 0 Å². The molecular formula is C11H9NOS. The lowest BCUT2D eigenvalue weighted by molar-refractivity contribution is 0.474. The normalized spacial score (nSPS) is 10.9. The summed E-state index contributed by atoms with van der Waals surface area (Å²) in [5.41, 5.74) is 0.737. The fourth-order valence-electron chi connectivity index (χ4n) is 1.07. The number of para-hydroxylation sites is 1. The van der Waals surface area contributed by atoms with Gasteiger partial charge in [-0.2, -0.15) is 0 Å². The molecule has 1 aromatic carbocycles. The molecule has 0 unspecified atom stereocenters. The van der Waals surface area contributed by atoms with Crippen molar-refractivity contribution in [3.8, 4) is 5.75 Å². The number of phenols is 1. The Morgan fingerprint density at radius 2 is 2.00 bits per heavy atom. The van der Waals surface area contributed by atoms with Gasteiger partial charge in [0.15, 0.2) is 0 Å². The first kappa shape index (κ1) is 8.97. The van der Waals surface area contributed by atoms with Crippen LogP contribution in [0.25, 0.3) is 0 Å². The Bertz CT molecular complexity index is 434. The number of rotatable bonds is 2. The smallest absolute Gasteiger partial charge is 0.124 e. The molecule has 1 aromatic heterocycles. The van der Waals surface area contributed by atoms with Crippen molar-refractivity contribution in [3.05, 3.63) is 47.3 Å². The Labute approximate surface area is 86.2 Å². The number of phenolic OH excluding ortho intramolecular Hbond substituents is 1. The lowest BCUT2D eigenvalue weighted by Gasteiger charge is -1.95. The van der Waals surface area contributed by atoms with E-state index in [2.05, 4.69) is 4.99 Å². The molecule has 1 heterocycles. The van der Waals surface area contributed by atoms with Crippen LogP contribution in [0.1, 0.15) is 5.56 Å².